The Balaban J connectivity index is 1.83. The third-order valence-electron chi connectivity index (χ3n) is 5.54. The minimum Gasteiger partial charge on any atom is -0.463 e. The molecule has 0 spiro atoms. The zero-order valence-corrected chi connectivity index (χ0v) is 20.5. The van der Waals surface area contributed by atoms with E-state index in [0.29, 0.717) is 20.6 Å². The second kappa shape index (κ2) is 10.1. The quantitative estimate of drug-likeness (QED) is 0.514. The molecule has 174 valence electrons. The lowest BCUT2D eigenvalue weighted by molar-refractivity contribution is -0.139. The van der Waals surface area contributed by atoms with Crippen molar-refractivity contribution >= 4 is 35.1 Å². The van der Waals surface area contributed by atoms with Crippen LogP contribution < -0.4 is 19.8 Å². The number of ether oxygens (including phenoxy) is 1. The molecule has 1 aliphatic rings. The van der Waals surface area contributed by atoms with Gasteiger partial charge in [-0.05, 0) is 43.2 Å². The molecule has 0 fully saturated rings. The number of thiazole rings is 1. The first kappa shape index (κ1) is 23.4. The molecule has 0 N–H and O–H groups in total. The Bertz CT molecular complexity index is 1430. The number of anilines is 1. The number of hydrogen-bond acceptors (Lipinski definition) is 6. The fourth-order valence-corrected chi connectivity index (χ4v) is 4.86. The summed E-state index contributed by atoms with van der Waals surface area (Å²) in [5.74, 6) is -0.458. The maximum absolute atomic E-state index is 13.5. The van der Waals surface area contributed by atoms with E-state index in [1.807, 2.05) is 91.8 Å². The van der Waals surface area contributed by atoms with Gasteiger partial charge in [0.05, 0.1) is 28.5 Å². The van der Waals surface area contributed by atoms with Gasteiger partial charge in [0, 0.05) is 19.8 Å². The highest BCUT2D eigenvalue weighted by Crippen LogP contribution is 2.26. The maximum Gasteiger partial charge on any atom is 0.338 e. The standard InChI is InChI=1S/C27H27N3O3S/c1-5-33-26(32)24-18(2)28-27-30(22(24)16-13-19-9-7-6-8-10-19)25(31)23(34-27)17-20-11-14-21(15-12-20)29(3)4/h6-17,22H,5H2,1-4H3/b16-13+,23-17?. The van der Waals surface area contributed by atoms with Gasteiger partial charge in [-0.15, -0.1) is 0 Å². The van der Waals surface area contributed by atoms with Gasteiger partial charge in [0.1, 0.15) is 0 Å². The molecule has 0 saturated heterocycles. The van der Waals surface area contributed by atoms with Crippen LogP contribution in [0.15, 0.2) is 81.7 Å². The molecule has 3 aromatic rings. The van der Waals surface area contributed by atoms with Gasteiger partial charge < -0.3 is 9.64 Å². The number of carbonyl (C=O) groups excluding carboxylic acids is 1. The van der Waals surface area contributed by atoms with E-state index in [9.17, 15) is 9.59 Å². The molecule has 2 heterocycles. The topological polar surface area (TPSA) is 63.9 Å². The number of hydrogen-bond donors (Lipinski definition) is 0. The molecule has 4 rings (SSSR count). The van der Waals surface area contributed by atoms with Gasteiger partial charge in [-0.3, -0.25) is 9.36 Å². The molecule has 0 saturated carbocycles. The van der Waals surface area contributed by atoms with Crippen LogP contribution in [-0.4, -0.2) is 31.2 Å². The molecule has 2 aromatic carbocycles. The first-order chi connectivity index (χ1) is 16.4. The molecule has 34 heavy (non-hydrogen) atoms. The van der Waals surface area contributed by atoms with Crippen LogP contribution in [0.25, 0.3) is 12.2 Å². The Kier molecular flexibility index (Phi) is 6.93. The number of aromatic nitrogens is 1. The van der Waals surface area contributed by atoms with E-state index in [2.05, 4.69) is 4.99 Å². The second-order valence-corrected chi connectivity index (χ2v) is 9.11. The highest BCUT2D eigenvalue weighted by molar-refractivity contribution is 7.07. The minimum atomic E-state index is -0.603. The van der Waals surface area contributed by atoms with Crippen molar-refractivity contribution in [1.82, 2.24) is 4.57 Å². The van der Waals surface area contributed by atoms with Crippen molar-refractivity contribution in [2.45, 2.75) is 19.9 Å². The Hall–Kier alpha value is -3.71. The SMILES string of the molecule is CCOC(=O)C1=C(C)N=c2sc(=Cc3ccc(N(C)C)cc3)c(=O)n2C1/C=C/c1ccccc1. The molecule has 0 aliphatic carbocycles. The highest BCUT2D eigenvalue weighted by Gasteiger charge is 2.30. The molecule has 1 aromatic heterocycles. The number of allylic oxidation sites excluding steroid dienone is 2. The Morgan fingerprint density at radius 1 is 1.12 bits per heavy atom. The molecule has 1 atom stereocenters. The fourth-order valence-electron chi connectivity index (χ4n) is 3.80. The Morgan fingerprint density at radius 3 is 2.47 bits per heavy atom. The maximum atomic E-state index is 13.5. The van der Waals surface area contributed by atoms with Gasteiger partial charge in [-0.1, -0.05) is 66.0 Å². The Morgan fingerprint density at radius 2 is 1.82 bits per heavy atom. The van der Waals surface area contributed by atoms with Crippen molar-refractivity contribution in [3.8, 4) is 0 Å². The van der Waals surface area contributed by atoms with E-state index in [4.69, 9.17) is 4.74 Å². The van der Waals surface area contributed by atoms with E-state index in [1.165, 1.54) is 11.3 Å². The lowest BCUT2D eigenvalue weighted by atomic mass is 10.0. The largest absolute Gasteiger partial charge is 0.463 e. The molecule has 1 unspecified atom stereocenters. The molecule has 0 bridgehead atoms. The van der Waals surface area contributed by atoms with Gasteiger partial charge in [0.2, 0.25) is 0 Å². The predicted molar refractivity (Wildman–Crippen MR) is 138 cm³/mol. The van der Waals surface area contributed by atoms with Crippen LogP contribution in [0, 0.1) is 0 Å². The van der Waals surface area contributed by atoms with Crippen molar-refractivity contribution in [2.75, 3.05) is 25.6 Å². The van der Waals surface area contributed by atoms with Gasteiger partial charge in [-0.25, -0.2) is 9.79 Å². The van der Waals surface area contributed by atoms with Crippen LogP contribution in [0.5, 0.6) is 0 Å². The van der Waals surface area contributed by atoms with Gasteiger partial charge in [0.25, 0.3) is 5.56 Å². The zero-order chi connectivity index (χ0) is 24.2. The molecule has 7 heteroatoms. The van der Waals surface area contributed by atoms with E-state index in [0.717, 1.165) is 16.8 Å². The van der Waals surface area contributed by atoms with Crippen LogP contribution in [0.2, 0.25) is 0 Å². The normalized spacial score (nSPS) is 15.9. The average Bonchev–Trinajstić information content (AvgIpc) is 3.12. The summed E-state index contributed by atoms with van der Waals surface area (Å²) in [4.78, 5) is 33.5. The lowest BCUT2D eigenvalue weighted by Gasteiger charge is -2.21. The molecular formula is C27H27N3O3S. The molecule has 0 radical (unpaired) electrons. The number of fused-ring (bicyclic) bond motifs is 1. The summed E-state index contributed by atoms with van der Waals surface area (Å²) in [6.07, 6.45) is 5.65. The van der Waals surface area contributed by atoms with Crippen molar-refractivity contribution < 1.29 is 9.53 Å². The van der Waals surface area contributed by atoms with Crippen LogP contribution in [0.4, 0.5) is 5.69 Å². The first-order valence-electron chi connectivity index (χ1n) is 11.1. The van der Waals surface area contributed by atoms with Crippen LogP contribution in [0.1, 0.15) is 31.0 Å². The number of carbonyl (C=O) groups is 1. The highest BCUT2D eigenvalue weighted by atomic mass is 32.1. The monoisotopic (exact) mass is 473 g/mol. The number of esters is 1. The summed E-state index contributed by atoms with van der Waals surface area (Å²) in [5.41, 5.74) is 3.74. The van der Waals surface area contributed by atoms with Crippen molar-refractivity contribution in [3.63, 3.8) is 0 Å². The molecule has 6 nitrogen and oxygen atoms in total. The third kappa shape index (κ3) is 4.79. The summed E-state index contributed by atoms with van der Waals surface area (Å²) >= 11 is 1.32. The van der Waals surface area contributed by atoms with Crippen LogP contribution in [-0.2, 0) is 9.53 Å². The Labute approximate surface area is 202 Å². The lowest BCUT2D eigenvalue weighted by Crippen LogP contribution is -2.38. The summed E-state index contributed by atoms with van der Waals surface area (Å²) in [5, 5.41) is 0. The first-order valence-corrected chi connectivity index (χ1v) is 11.9. The van der Waals surface area contributed by atoms with E-state index >= 15 is 0 Å². The summed E-state index contributed by atoms with van der Waals surface area (Å²) in [6, 6.07) is 17.2. The number of benzene rings is 2. The fraction of sp³-hybridized carbons (Fsp3) is 0.222. The molecular weight excluding hydrogens is 446 g/mol. The van der Waals surface area contributed by atoms with E-state index in [-0.39, 0.29) is 12.2 Å². The van der Waals surface area contributed by atoms with E-state index in [1.54, 1.807) is 18.4 Å². The number of rotatable bonds is 6. The van der Waals surface area contributed by atoms with E-state index < -0.39 is 12.0 Å². The molecule has 1 aliphatic heterocycles. The van der Waals surface area contributed by atoms with Crippen molar-refractivity contribution in [3.05, 3.63) is 103 Å². The van der Waals surface area contributed by atoms with Gasteiger partial charge >= 0.3 is 5.97 Å². The van der Waals surface area contributed by atoms with Crippen molar-refractivity contribution in [2.24, 2.45) is 4.99 Å². The zero-order valence-electron chi connectivity index (χ0n) is 19.7. The summed E-state index contributed by atoms with van der Waals surface area (Å²) in [6.45, 7) is 3.80. The van der Waals surface area contributed by atoms with Gasteiger partial charge in [-0.2, -0.15) is 0 Å². The summed E-state index contributed by atoms with van der Waals surface area (Å²) < 4.78 is 7.46. The smallest absolute Gasteiger partial charge is 0.338 e. The third-order valence-corrected chi connectivity index (χ3v) is 6.52. The van der Waals surface area contributed by atoms with Crippen LogP contribution >= 0.6 is 11.3 Å². The van der Waals surface area contributed by atoms with Crippen LogP contribution in [0.3, 0.4) is 0 Å². The molecule has 0 amide bonds. The van der Waals surface area contributed by atoms with Crippen molar-refractivity contribution in [1.29, 1.82) is 0 Å². The average molecular weight is 474 g/mol. The minimum absolute atomic E-state index is 0.183. The van der Waals surface area contributed by atoms with Gasteiger partial charge in [0.15, 0.2) is 4.80 Å². The summed E-state index contributed by atoms with van der Waals surface area (Å²) in [7, 11) is 3.97. The predicted octanol–water partition coefficient (Wildman–Crippen LogP) is 3.53. The second-order valence-electron chi connectivity index (χ2n) is 8.10. The number of nitrogens with zero attached hydrogens (tertiary/aromatic N) is 3.